The number of ether oxygens (including phenoxy) is 3. The molecule has 0 bridgehead atoms. The molecule has 0 saturated carbocycles. The molecule has 0 aliphatic heterocycles. The summed E-state index contributed by atoms with van der Waals surface area (Å²) in [5, 5.41) is 0. The van der Waals surface area contributed by atoms with E-state index in [1.54, 1.807) is 0 Å². The molecule has 1 unspecified atom stereocenters. The van der Waals surface area contributed by atoms with Crippen LogP contribution in [0.4, 0.5) is 0 Å². The fraction of sp³-hybridized carbons (Fsp3) is 0.756. The molecule has 0 fully saturated rings. The van der Waals surface area contributed by atoms with Crippen LogP contribution in [0.5, 0.6) is 0 Å². The summed E-state index contributed by atoms with van der Waals surface area (Å²) in [4.78, 5) is 37.5. The average Bonchev–Trinajstić information content (AvgIpc) is 3.12. The predicted octanol–water partition coefficient (Wildman–Crippen LogP) is 13.2. The first-order valence-corrected chi connectivity index (χ1v) is 21.2. The van der Waals surface area contributed by atoms with E-state index in [-0.39, 0.29) is 37.5 Å². The number of rotatable bonds is 37. The second-order valence-corrected chi connectivity index (χ2v) is 13.9. The monoisotopic (exact) mass is 715 g/mol. The first kappa shape index (κ1) is 48.4. The number of carbonyl (C=O) groups is 3. The van der Waals surface area contributed by atoms with E-state index in [9.17, 15) is 14.4 Å². The lowest BCUT2D eigenvalue weighted by Gasteiger charge is -2.18. The molecule has 0 heterocycles. The number of allylic oxidation sites excluding steroid dienone is 8. The van der Waals surface area contributed by atoms with Crippen molar-refractivity contribution in [1.29, 1.82) is 0 Å². The fourth-order valence-corrected chi connectivity index (χ4v) is 5.56. The van der Waals surface area contributed by atoms with Gasteiger partial charge in [0, 0.05) is 19.3 Å². The Morgan fingerprint density at radius 1 is 0.392 bits per heavy atom. The number of hydrogen-bond donors (Lipinski definition) is 0. The van der Waals surface area contributed by atoms with Gasteiger partial charge in [0.15, 0.2) is 6.10 Å². The second kappa shape index (κ2) is 40.1. The van der Waals surface area contributed by atoms with Gasteiger partial charge in [-0.1, -0.05) is 146 Å². The molecular weight excluding hydrogens is 636 g/mol. The highest BCUT2D eigenvalue weighted by atomic mass is 16.6. The van der Waals surface area contributed by atoms with Gasteiger partial charge >= 0.3 is 17.9 Å². The lowest BCUT2D eigenvalue weighted by Crippen LogP contribution is -2.30. The summed E-state index contributed by atoms with van der Waals surface area (Å²) in [6.07, 6.45) is 45.4. The van der Waals surface area contributed by atoms with Crippen LogP contribution in [0.25, 0.3) is 0 Å². The summed E-state index contributed by atoms with van der Waals surface area (Å²) in [6, 6.07) is 0. The Balaban J connectivity index is 4.40. The highest BCUT2D eigenvalue weighted by Gasteiger charge is 2.19. The Labute approximate surface area is 314 Å². The minimum Gasteiger partial charge on any atom is -0.462 e. The highest BCUT2D eigenvalue weighted by Crippen LogP contribution is 2.12. The van der Waals surface area contributed by atoms with E-state index in [4.69, 9.17) is 14.2 Å². The quantitative estimate of drug-likeness (QED) is 0.0209. The van der Waals surface area contributed by atoms with Crippen LogP contribution in [0.3, 0.4) is 0 Å². The molecular formula is C45H78O6. The van der Waals surface area contributed by atoms with Gasteiger partial charge in [-0.25, -0.2) is 0 Å². The van der Waals surface area contributed by atoms with Gasteiger partial charge in [-0.3, -0.25) is 14.4 Å². The molecule has 0 rings (SSSR count). The zero-order valence-electron chi connectivity index (χ0n) is 33.4. The normalized spacial score (nSPS) is 12.5. The van der Waals surface area contributed by atoms with E-state index >= 15 is 0 Å². The molecule has 294 valence electrons. The second-order valence-electron chi connectivity index (χ2n) is 13.9. The van der Waals surface area contributed by atoms with Crippen molar-refractivity contribution < 1.29 is 28.6 Å². The van der Waals surface area contributed by atoms with E-state index in [1.165, 1.54) is 96.3 Å². The fourth-order valence-electron chi connectivity index (χ4n) is 5.56. The molecule has 0 spiro atoms. The Bertz CT molecular complexity index is 918. The summed E-state index contributed by atoms with van der Waals surface area (Å²) in [7, 11) is 0. The molecule has 0 aliphatic rings. The van der Waals surface area contributed by atoms with Crippen molar-refractivity contribution in [2.45, 2.75) is 207 Å². The maximum absolute atomic E-state index is 12.6. The number of carbonyl (C=O) groups excluding carboxylic acids is 3. The lowest BCUT2D eigenvalue weighted by atomic mass is 10.1. The van der Waals surface area contributed by atoms with Crippen LogP contribution in [-0.4, -0.2) is 37.2 Å². The summed E-state index contributed by atoms with van der Waals surface area (Å²) >= 11 is 0. The predicted molar refractivity (Wildman–Crippen MR) is 215 cm³/mol. The van der Waals surface area contributed by atoms with Crippen LogP contribution in [0.2, 0.25) is 0 Å². The molecule has 0 aliphatic carbocycles. The van der Waals surface area contributed by atoms with Gasteiger partial charge in [-0.2, -0.15) is 0 Å². The Kier molecular flexibility index (Phi) is 38.1. The standard InChI is InChI=1S/C45H78O6/c1-4-7-10-13-16-19-20-21-22-23-24-27-29-32-35-38-44(47)50-41-42(51-45(48)39-36-33-30-26-18-15-12-9-6-3)40-49-43(46)37-34-31-28-25-17-14-11-8-5-2/h16,19-21,25-26,28,30,42H,4-15,17-18,22-24,27,29,31-41H2,1-3H3/b19-16-,21-20-,28-25-,30-26-. The summed E-state index contributed by atoms with van der Waals surface area (Å²) in [6.45, 7) is 6.45. The molecule has 1 atom stereocenters. The van der Waals surface area contributed by atoms with Crippen LogP contribution >= 0.6 is 0 Å². The molecule has 0 radical (unpaired) electrons. The SMILES string of the molecule is CCCCC/C=C\C=C/CCCCCCCCC(=O)OCC(COC(=O)CCC/C=C\CCCCCC)OC(=O)CCC/C=C\CCCCCC. The van der Waals surface area contributed by atoms with Crippen molar-refractivity contribution in [2.75, 3.05) is 13.2 Å². The molecule has 0 aromatic heterocycles. The van der Waals surface area contributed by atoms with Gasteiger partial charge in [0.05, 0.1) is 0 Å². The van der Waals surface area contributed by atoms with Crippen molar-refractivity contribution in [1.82, 2.24) is 0 Å². The van der Waals surface area contributed by atoms with Gasteiger partial charge < -0.3 is 14.2 Å². The third-order valence-corrected chi connectivity index (χ3v) is 8.80. The van der Waals surface area contributed by atoms with E-state index in [0.29, 0.717) is 25.7 Å². The van der Waals surface area contributed by atoms with Gasteiger partial charge in [-0.15, -0.1) is 0 Å². The van der Waals surface area contributed by atoms with Crippen LogP contribution in [0.1, 0.15) is 201 Å². The number of esters is 3. The van der Waals surface area contributed by atoms with Gasteiger partial charge in [-0.05, 0) is 83.5 Å². The third kappa shape index (κ3) is 38.4. The lowest BCUT2D eigenvalue weighted by molar-refractivity contribution is -0.167. The summed E-state index contributed by atoms with van der Waals surface area (Å²) in [5.74, 6) is -0.990. The van der Waals surface area contributed by atoms with Crippen LogP contribution in [0.15, 0.2) is 48.6 Å². The zero-order valence-corrected chi connectivity index (χ0v) is 33.4. The van der Waals surface area contributed by atoms with Crippen LogP contribution in [0, 0.1) is 0 Å². The Morgan fingerprint density at radius 3 is 1.22 bits per heavy atom. The molecule has 0 aromatic rings. The highest BCUT2D eigenvalue weighted by molar-refractivity contribution is 5.71. The van der Waals surface area contributed by atoms with Crippen LogP contribution < -0.4 is 0 Å². The molecule has 0 amide bonds. The van der Waals surface area contributed by atoms with Gasteiger partial charge in [0.25, 0.3) is 0 Å². The van der Waals surface area contributed by atoms with E-state index < -0.39 is 6.10 Å². The van der Waals surface area contributed by atoms with Crippen molar-refractivity contribution in [2.24, 2.45) is 0 Å². The topological polar surface area (TPSA) is 78.9 Å². The number of hydrogen-bond acceptors (Lipinski definition) is 6. The van der Waals surface area contributed by atoms with E-state index in [2.05, 4.69) is 69.4 Å². The van der Waals surface area contributed by atoms with Crippen molar-refractivity contribution >= 4 is 17.9 Å². The molecule has 6 nitrogen and oxygen atoms in total. The van der Waals surface area contributed by atoms with Crippen molar-refractivity contribution in [3.8, 4) is 0 Å². The zero-order chi connectivity index (χ0) is 37.3. The molecule has 0 aromatic carbocycles. The molecule has 0 saturated heterocycles. The minimum absolute atomic E-state index is 0.0995. The Hall–Kier alpha value is -2.63. The van der Waals surface area contributed by atoms with Crippen molar-refractivity contribution in [3.63, 3.8) is 0 Å². The first-order chi connectivity index (χ1) is 25.0. The number of unbranched alkanes of at least 4 members (excludes halogenated alkanes) is 19. The third-order valence-electron chi connectivity index (χ3n) is 8.80. The summed E-state index contributed by atoms with van der Waals surface area (Å²) in [5.41, 5.74) is 0. The first-order valence-electron chi connectivity index (χ1n) is 21.2. The average molecular weight is 715 g/mol. The van der Waals surface area contributed by atoms with Gasteiger partial charge in [0.2, 0.25) is 0 Å². The minimum atomic E-state index is -0.798. The van der Waals surface area contributed by atoms with Gasteiger partial charge in [0.1, 0.15) is 13.2 Å². The largest absolute Gasteiger partial charge is 0.462 e. The Morgan fingerprint density at radius 2 is 0.725 bits per heavy atom. The molecule has 51 heavy (non-hydrogen) atoms. The van der Waals surface area contributed by atoms with Crippen molar-refractivity contribution in [3.05, 3.63) is 48.6 Å². The molecule has 6 heteroatoms. The van der Waals surface area contributed by atoms with E-state index in [1.807, 2.05) is 0 Å². The molecule has 0 N–H and O–H groups in total. The maximum atomic E-state index is 12.6. The van der Waals surface area contributed by atoms with E-state index in [0.717, 1.165) is 51.4 Å². The summed E-state index contributed by atoms with van der Waals surface area (Å²) < 4.78 is 16.5. The smallest absolute Gasteiger partial charge is 0.306 e. The maximum Gasteiger partial charge on any atom is 0.306 e. The van der Waals surface area contributed by atoms with Crippen LogP contribution in [-0.2, 0) is 28.6 Å².